The van der Waals surface area contributed by atoms with Gasteiger partial charge in [-0.15, -0.1) is 0 Å². The topological polar surface area (TPSA) is 70.2 Å². The van der Waals surface area contributed by atoms with E-state index in [1.165, 1.54) is 11.1 Å². The summed E-state index contributed by atoms with van der Waals surface area (Å²) in [6.45, 7) is 7.04. The van der Waals surface area contributed by atoms with Crippen molar-refractivity contribution < 1.29 is 9.59 Å². The van der Waals surface area contributed by atoms with Gasteiger partial charge in [0, 0.05) is 23.5 Å². The third-order valence-corrected chi connectivity index (χ3v) is 4.21. The molecule has 0 bridgehead atoms. The Balaban J connectivity index is 1.83. The summed E-state index contributed by atoms with van der Waals surface area (Å²) in [5.41, 5.74) is 4.58. The zero-order valence-corrected chi connectivity index (χ0v) is 15.7. The molecule has 0 fully saturated rings. The zero-order chi connectivity index (χ0) is 18.9. The van der Waals surface area contributed by atoms with Crippen molar-refractivity contribution in [2.75, 3.05) is 23.7 Å². The van der Waals surface area contributed by atoms with Crippen LogP contribution in [0.4, 0.5) is 11.4 Å². The lowest BCUT2D eigenvalue weighted by molar-refractivity contribution is -0.114. The normalized spacial score (nSPS) is 10.3. The molecule has 0 saturated carbocycles. The van der Waals surface area contributed by atoms with Crippen molar-refractivity contribution in [3.05, 3.63) is 59.2 Å². The number of aryl methyl sites for hydroxylation is 2. The van der Waals surface area contributed by atoms with Crippen LogP contribution in [0.3, 0.4) is 0 Å². The Bertz CT molecular complexity index is 754. The van der Waals surface area contributed by atoms with Gasteiger partial charge >= 0.3 is 0 Å². The van der Waals surface area contributed by atoms with Crippen LogP contribution in [0, 0.1) is 13.8 Å². The van der Waals surface area contributed by atoms with Gasteiger partial charge in [0.25, 0.3) is 5.91 Å². The molecule has 0 atom stereocenters. The van der Waals surface area contributed by atoms with Gasteiger partial charge in [0.15, 0.2) is 0 Å². The fourth-order valence-corrected chi connectivity index (χ4v) is 2.42. The van der Waals surface area contributed by atoms with E-state index in [-0.39, 0.29) is 18.4 Å². The minimum atomic E-state index is -0.136. The van der Waals surface area contributed by atoms with Gasteiger partial charge < -0.3 is 16.0 Å². The summed E-state index contributed by atoms with van der Waals surface area (Å²) in [7, 11) is 0. The Morgan fingerprint density at radius 2 is 1.62 bits per heavy atom. The van der Waals surface area contributed by atoms with Gasteiger partial charge in [-0.05, 0) is 67.8 Å². The van der Waals surface area contributed by atoms with Crippen LogP contribution < -0.4 is 16.0 Å². The van der Waals surface area contributed by atoms with Crippen molar-refractivity contribution in [2.24, 2.45) is 0 Å². The Kier molecular flexibility index (Phi) is 7.21. The second-order valence-electron chi connectivity index (χ2n) is 6.39. The molecule has 26 heavy (non-hydrogen) atoms. The Labute approximate surface area is 155 Å². The molecule has 0 aliphatic heterocycles. The molecular weight excluding hydrogens is 326 g/mol. The molecule has 0 unspecified atom stereocenters. The zero-order valence-electron chi connectivity index (χ0n) is 15.7. The summed E-state index contributed by atoms with van der Waals surface area (Å²) in [6.07, 6.45) is 2.01. The van der Waals surface area contributed by atoms with E-state index in [2.05, 4.69) is 29.8 Å². The lowest BCUT2D eigenvalue weighted by Gasteiger charge is -2.10. The fraction of sp³-hybridized carbons (Fsp3) is 0.333. The molecule has 0 radical (unpaired) electrons. The second-order valence-corrected chi connectivity index (χ2v) is 6.39. The predicted molar refractivity (Wildman–Crippen MR) is 107 cm³/mol. The summed E-state index contributed by atoms with van der Waals surface area (Å²) in [5.74, 6) is -0.226. The molecule has 2 aromatic rings. The lowest BCUT2D eigenvalue weighted by Crippen LogP contribution is -2.24. The van der Waals surface area contributed by atoms with E-state index in [0.29, 0.717) is 17.8 Å². The molecule has 0 aliphatic rings. The Morgan fingerprint density at radius 3 is 2.27 bits per heavy atom. The highest BCUT2D eigenvalue weighted by Gasteiger charge is 2.06. The number of amides is 2. The van der Waals surface area contributed by atoms with Crippen LogP contribution in [0.25, 0.3) is 0 Å². The number of hydrogen-bond acceptors (Lipinski definition) is 3. The van der Waals surface area contributed by atoms with E-state index >= 15 is 0 Å². The van der Waals surface area contributed by atoms with E-state index in [0.717, 1.165) is 18.5 Å². The van der Waals surface area contributed by atoms with E-state index in [1.54, 1.807) is 24.3 Å². The number of hydrogen-bond donors (Lipinski definition) is 3. The summed E-state index contributed by atoms with van der Waals surface area (Å²) in [5, 5.41) is 8.81. The smallest absolute Gasteiger partial charge is 0.251 e. The first kappa shape index (κ1) is 19.5. The van der Waals surface area contributed by atoms with Crippen molar-refractivity contribution in [3.8, 4) is 0 Å². The molecule has 2 rings (SSSR count). The van der Waals surface area contributed by atoms with Crippen LogP contribution in [0.15, 0.2) is 42.5 Å². The molecule has 5 nitrogen and oxygen atoms in total. The molecule has 2 amide bonds. The maximum atomic E-state index is 12.1. The number of rotatable bonds is 8. The summed E-state index contributed by atoms with van der Waals surface area (Å²) < 4.78 is 0. The van der Waals surface area contributed by atoms with Crippen molar-refractivity contribution >= 4 is 23.2 Å². The van der Waals surface area contributed by atoms with E-state index < -0.39 is 0 Å². The SMILES string of the molecule is CCCCNC(=O)c1ccc(NC(=O)CNc2ccc(C)c(C)c2)cc1. The van der Waals surface area contributed by atoms with Gasteiger partial charge in [-0.25, -0.2) is 0 Å². The average molecular weight is 353 g/mol. The standard InChI is InChI=1S/C21H27N3O2/c1-4-5-12-22-21(26)17-7-10-18(11-8-17)24-20(25)14-23-19-9-6-15(2)16(3)13-19/h6-11,13,23H,4-5,12,14H2,1-3H3,(H,22,26)(H,24,25). The molecule has 3 N–H and O–H groups in total. The first-order chi connectivity index (χ1) is 12.5. The highest BCUT2D eigenvalue weighted by molar-refractivity contribution is 5.96. The maximum Gasteiger partial charge on any atom is 0.251 e. The molecular formula is C21H27N3O2. The molecule has 0 aliphatic carbocycles. The van der Waals surface area contributed by atoms with E-state index in [9.17, 15) is 9.59 Å². The largest absolute Gasteiger partial charge is 0.376 e. The number of nitrogens with one attached hydrogen (secondary N) is 3. The third-order valence-electron chi connectivity index (χ3n) is 4.21. The van der Waals surface area contributed by atoms with Crippen LogP contribution in [0.5, 0.6) is 0 Å². The number of unbranched alkanes of at least 4 members (excludes halogenated alkanes) is 1. The molecule has 0 saturated heterocycles. The molecule has 0 aromatic heterocycles. The summed E-state index contributed by atoms with van der Waals surface area (Å²) in [4.78, 5) is 24.0. The molecule has 2 aromatic carbocycles. The highest BCUT2D eigenvalue weighted by Crippen LogP contribution is 2.14. The van der Waals surface area contributed by atoms with Crippen LogP contribution in [0.1, 0.15) is 41.3 Å². The summed E-state index contributed by atoms with van der Waals surface area (Å²) >= 11 is 0. The minimum Gasteiger partial charge on any atom is -0.376 e. The number of carbonyl (C=O) groups excluding carboxylic acids is 2. The van der Waals surface area contributed by atoms with Gasteiger partial charge in [0.05, 0.1) is 6.54 Å². The van der Waals surface area contributed by atoms with Gasteiger partial charge in [0.1, 0.15) is 0 Å². The molecule has 5 heteroatoms. The Hall–Kier alpha value is -2.82. The molecule has 0 heterocycles. The summed E-state index contributed by atoms with van der Waals surface area (Å²) in [6, 6.07) is 12.9. The van der Waals surface area contributed by atoms with E-state index in [4.69, 9.17) is 0 Å². The monoisotopic (exact) mass is 353 g/mol. The van der Waals surface area contributed by atoms with E-state index in [1.807, 2.05) is 25.1 Å². The first-order valence-corrected chi connectivity index (χ1v) is 8.99. The van der Waals surface area contributed by atoms with Gasteiger partial charge in [0.2, 0.25) is 5.91 Å². The second kappa shape index (κ2) is 9.61. The predicted octanol–water partition coefficient (Wildman–Crippen LogP) is 3.88. The average Bonchev–Trinajstić information content (AvgIpc) is 2.63. The van der Waals surface area contributed by atoms with Crippen molar-refractivity contribution in [2.45, 2.75) is 33.6 Å². The van der Waals surface area contributed by atoms with Gasteiger partial charge in [-0.3, -0.25) is 9.59 Å². The third kappa shape index (κ3) is 5.92. The van der Waals surface area contributed by atoms with Gasteiger partial charge in [-0.1, -0.05) is 19.4 Å². The van der Waals surface area contributed by atoms with Gasteiger partial charge in [-0.2, -0.15) is 0 Å². The lowest BCUT2D eigenvalue weighted by atomic mass is 10.1. The number of benzene rings is 2. The number of anilines is 2. The fourth-order valence-electron chi connectivity index (χ4n) is 2.42. The van der Waals surface area contributed by atoms with Crippen LogP contribution in [0.2, 0.25) is 0 Å². The van der Waals surface area contributed by atoms with Crippen LogP contribution in [-0.2, 0) is 4.79 Å². The minimum absolute atomic E-state index is 0.0901. The van der Waals surface area contributed by atoms with Crippen LogP contribution in [-0.4, -0.2) is 24.9 Å². The number of carbonyl (C=O) groups is 2. The first-order valence-electron chi connectivity index (χ1n) is 8.99. The van der Waals surface area contributed by atoms with Crippen molar-refractivity contribution in [3.63, 3.8) is 0 Å². The van der Waals surface area contributed by atoms with Crippen LogP contribution >= 0.6 is 0 Å². The van der Waals surface area contributed by atoms with Crippen molar-refractivity contribution in [1.29, 1.82) is 0 Å². The van der Waals surface area contributed by atoms with Crippen molar-refractivity contribution in [1.82, 2.24) is 5.32 Å². The Morgan fingerprint density at radius 1 is 0.923 bits per heavy atom. The highest BCUT2D eigenvalue weighted by atomic mass is 16.2. The quantitative estimate of drug-likeness (QED) is 0.631. The molecule has 0 spiro atoms. The molecule has 138 valence electrons. The maximum absolute atomic E-state index is 12.1.